The molecule has 3 amide bonds. The average molecular weight is 562 g/mol. The molecule has 0 unspecified atom stereocenters. The molecule has 0 saturated carbocycles. The Morgan fingerprint density at radius 3 is 2.33 bits per heavy atom. The third kappa shape index (κ3) is 6.98. The van der Waals surface area contributed by atoms with Gasteiger partial charge >= 0.3 is 6.18 Å². The lowest BCUT2D eigenvalue weighted by Gasteiger charge is -2.43. The molecule has 0 spiro atoms. The van der Waals surface area contributed by atoms with E-state index in [2.05, 4.69) is 10.6 Å². The van der Waals surface area contributed by atoms with Gasteiger partial charge in [-0.2, -0.15) is 13.2 Å². The van der Waals surface area contributed by atoms with Crippen molar-refractivity contribution >= 4 is 23.4 Å². The Bertz CT molecular complexity index is 1240. The van der Waals surface area contributed by atoms with Gasteiger partial charge in [0.2, 0.25) is 17.7 Å². The Kier molecular flexibility index (Phi) is 9.24. The maximum Gasteiger partial charge on any atom is 0.419 e. The van der Waals surface area contributed by atoms with Gasteiger partial charge in [-0.3, -0.25) is 14.4 Å². The summed E-state index contributed by atoms with van der Waals surface area (Å²) in [6.45, 7) is 2.12. The number of likely N-dealkylation sites (tertiary alicyclic amines) is 1. The molecule has 2 aromatic rings. The van der Waals surface area contributed by atoms with E-state index < -0.39 is 58.8 Å². The van der Waals surface area contributed by atoms with Crippen molar-refractivity contribution in [3.63, 3.8) is 0 Å². The van der Waals surface area contributed by atoms with Crippen molar-refractivity contribution in [2.45, 2.75) is 44.4 Å². The molecule has 0 aliphatic carbocycles. The number of alkyl halides is 3. The average Bonchev–Trinajstić information content (AvgIpc) is 2.91. The molecule has 0 bridgehead atoms. The number of ether oxygens (including phenoxy) is 1. The first-order valence-corrected chi connectivity index (χ1v) is 12.7. The molecular weight excluding hydrogens is 527 g/mol. The molecule has 216 valence electrons. The number of carbonyl (C=O) groups is 3. The zero-order valence-corrected chi connectivity index (χ0v) is 22.6. The number of para-hydroxylation sites is 1. The highest BCUT2D eigenvalue weighted by molar-refractivity contribution is 6.09. The number of hydrogen-bond acceptors (Lipinski definition) is 6. The first kappa shape index (κ1) is 30.6. The fourth-order valence-electron chi connectivity index (χ4n) is 4.55. The predicted molar refractivity (Wildman–Crippen MR) is 143 cm³/mol. The second-order valence-electron chi connectivity index (χ2n) is 10.4. The second-order valence-corrected chi connectivity index (χ2v) is 10.4. The van der Waals surface area contributed by atoms with E-state index in [1.165, 1.54) is 37.9 Å². The van der Waals surface area contributed by atoms with Crippen LogP contribution in [0.1, 0.15) is 31.4 Å². The summed E-state index contributed by atoms with van der Waals surface area (Å²) in [5.74, 6) is -2.34. The van der Waals surface area contributed by atoms with E-state index >= 15 is 0 Å². The molecule has 1 fully saturated rings. The van der Waals surface area contributed by atoms with Crippen LogP contribution in [0.5, 0.6) is 5.75 Å². The summed E-state index contributed by atoms with van der Waals surface area (Å²) in [5, 5.41) is 13.8. The number of amides is 3. The van der Waals surface area contributed by atoms with Gasteiger partial charge in [0.25, 0.3) is 0 Å². The number of nitrogens with zero attached hydrogens (tertiary/aromatic N) is 1. The van der Waals surface area contributed by atoms with Crippen LogP contribution in [0.25, 0.3) is 0 Å². The van der Waals surface area contributed by atoms with Crippen LogP contribution >= 0.6 is 0 Å². The first-order chi connectivity index (χ1) is 18.7. The van der Waals surface area contributed by atoms with Gasteiger partial charge in [-0.15, -0.1) is 0 Å². The summed E-state index contributed by atoms with van der Waals surface area (Å²) in [4.78, 5) is 41.0. The summed E-state index contributed by atoms with van der Waals surface area (Å²) in [6, 6.07) is 12.2. The number of carbonyl (C=O) groups excluding carboxylic acids is 3. The fraction of sp³-hybridized carbons (Fsp3) is 0.429. The third-order valence-corrected chi connectivity index (χ3v) is 6.78. The van der Waals surface area contributed by atoms with E-state index in [4.69, 9.17) is 15.9 Å². The normalized spacial score (nSPS) is 18.6. The summed E-state index contributed by atoms with van der Waals surface area (Å²) in [5.41, 5.74) is 3.02. The zero-order valence-electron chi connectivity index (χ0n) is 22.6. The quantitative estimate of drug-likeness (QED) is 0.373. The summed E-state index contributed by atoms with van der Waals surface area (Å²) in [6.07, 6.45) is -4.46. The van der Waals surface area contributed by atoms with Crippen molar-refractivity contribution in [2.24, 2.45) is 11.1 Å². The van der Waals surface area contributed by atoms with Crippen LogP contribution in [0, 0.1) is 10.8 Å². The van der Waals surface area contributed by atoms with Crippen LogP contribution in [-0.2, 0) is 27.0 Å². The van der Waals surface area contributed by atoms with Crippen molar-refractivity contribution in [3.8, 4) is 5.75 Å². The Hall–Kier alpha value is -3.93. The van der Waals surface area contributed by atoms with Gasteiger partial charge in [0.1, 0.15) is 23.8 Å². The monoisotopic (exact) mass is 561 g/mol. The molecule has 1 aliphatic heterocycles. The molecule has 1 aliphatic rings. The number of halogens is 3. The minimum absolute atomic E-state index is 0.0721. The highest BCUT2D eigenvalue weighted by Crippen LogP contribution is 2.36. The van der Waals surface area contributed by atoms with Gasteiger partial charge in [-0.1, -0.05) is 42.5 Å². The molecule has 3 rings (SSSR count). The molecule has 12 heteroatoms. The van der Waals surface area contributed by atoms with Crippen molar-refractivity contribution in [3.05, 3.63) is 65.7 Å². The van der Waals surface area contributed by atoms with Crippen LogP contribution in [0.3, 0.4) is 0 Å². The molecule has 0 radical (unpaired) electrons. The fourth-order valence-corrected chi connectivity index (χ4v) is 4.55. The van der Waals surface area contributed by atoms with E-state index in [1.807, 2.05) is 18.2 Å². The highest BCUT2D eigenvalue weighted by Gasteiger charge is 2.48. The molecule has 40 heavy (non-hydrogen) atoms. The smallest absolute Gasteiger partial charge is 0.419 e. The number of benzene rings is 2. The molecule has 2 aromatic carbocycles. The molecule has 1 heterocycles. The van der Waals surface area contributed by atoms with E-state index in [0.29, 0.717) is 0 Å². The molecular formula is C28H34F3N5O4. The van der Waals surface area contributed by atoms with Crippen LogP contribution in [0.2, 0.25) is 0 Å². The number of piperidine rings is 1. The molecule has 2 atom stereocenters. The van der Waals surface area contributed by atoms with Gasteiger partial charge in [-0.05, 0) is 38.0 Å². The Morgan fingerprint density at radius 1 is 1.10 bits per heavy atom. The van der Waals surface area contributed by atoms with Crippen LogP contribution in [-0.4, -0.2) is 66.7 Å². The third-order valence-electron chi connectivity index (χ3n) is 6.78. The summed E-state index contributed by atoms with van der Waals surface area (Å²) >= 11 is 0. The van der Waals surface area contributed by atoms with Crippen molar-refractivity contribution in [1.29, 1.82) is 5.41 Å². The molecule has 0 aromatic heterocycles. The summed E-state index contributed by atoms with van der Waals surface area (Å²) < 4.78 is 45.9. The van der Waals surface area contributed by atoms with Gasteiger partial charge in [0, 0.05) is 32.3 Å². The van der Waals surface area contributed by atoms with Crippen molar-refractivity contribution in [1.82, 2.24) is 15.5 Å². The van der Waals surface area contributed by atoms with Crippen molar-refractivity contribution < 1.29 is 32.3 Å². The number of nitrogens with two attached hydrogens (primary N) is 1. The van der Waals surface area contributed by atoms with E-state index in [1.54, 1.807) is 12.1 Å². The highest BCUT2D eigenvalue weighted by atomic mass is 19.4. The van der Waals surface area contributed by atoms with Crippen molar-refractivity contribution in [2.75, 3.05) is 26.7 Å². The number of rotatable bonds is 9. The van der Waals surface area contributed by atoms with Crippen LogP contribution < -0.4 is 21.1 Å². The lowest BCUT2D eigenvalue weighted by atomic mass is 9.72. The largest absolute Gasteiger partial charge is 0.490 e. The standard InChI is InChI=1S/C28H34F3N5O4/c1-26(2,33)24(38)35-20(16-40-21-12-8-7-11-19(21)28(29,30)31)23(37)36-14-13-22(32)27(17-36,25(39)34-3)15-18-9-5-4-6-10-18/h4-12,20,32H,13-17,33H2,1-3H3,(H,34,39)(H,35,38)/t20-,27-/m1/s1. The topological polar surface area (TPSA) is 138 Å². The Balaban J connectivity index is 1.92. The maximum absolute atomic E-state index is 13.8. The number of nitrogens with one attached hydrogen (secondary N) is 3. The second kappa shape index (κ2) is 12.1. The minimum Gasteiger partial charge on any atom is -0.490 e. The lowest BCUT2D eigenvalue weighted by molar-refractivity contribution is -0.142. The van der Waals surface area contributed by atoms with Crippen LogP contribution in [0.15, 0.2) is 54.6 Å². The van der Waals surface area contributed by atoms with Crippen LogP contribution in [0.4, 0.5) is 13.2 Å². The molecule has 1 saturated heterocycles. The Morgan fingerprint density at radius 2 is 1.73 bits per heavy atom. The first-order valence-electron chi connectivity index (χ1n) is 12.7. The molecule has 9 nitrogen and oxygen atoms in total. The van der Waals surface area contributed by atoms with Gasteiger partial charge in [0.05, 0.1) is 11.1 Å². The van der Waals surface area contributed by atoms with E-state index in [-0.39, 0.29) is 31.6 Å². The van der Waals surface area contributed by atoms with Gasteiger partial charge in [-0.25, -0.2) is 0 Å². The van der Waals surface area contributed by atoms with Gasteiger partial charge < -0.3 is 31.4 Å². The Labute approximate surface area is 230 Å². The lowest BCUT2D eigenvalue weighted by Crippen LogP contribution is -2.63. The maximum atomic E-state index is 13.8. The number of hydrogen-bond donors (Lipinski definition) is 4. The SMILES string of the molecule is CNC(=O)[C@]1(Cc2ccccc2)CN(C(=O)[C@@H](COc2ccccc2C(F)(F)F)NC(=O)C(C)(C)N)CCC1=N. The minimum atomic E-state index is -4.70. The van der Waals surface area contributed by atoms with E-state index in [0.717, 1.165) is 17.7 Å². The molecule has 5 N–H and O–H groups in total. The predicted octanol–water partition coefficient (Wildman–Crippen LogP) is 2.53. The summed E-state index contributed by atoms with van der Waals surface area (Å²) in [7, 11) is 1.45. The zero-order chi connectivity index (χ0) is 29.7. The van der Waals surface area contributed by atoms with E-state index in [9.17, 15) is 27.6 Å². The van der Waals surface area contributed by atoms with Gasteiger partial charge in [0.15, 0.2) is 0 Å².